The summed E-state index contributed by atoms with van der Waals surface area (Å²) in [5.41, 5.74) is 2.63. The number of hydrogen-bond acceptors (Lipinski definition) is 10. The lowest BCUT2D eigenvalue weighted by molar-refractivity contribution is -0.222. The highest BCUT2D eigenvalue weighted by Gasteiger charge is 2.39. The fourth-order valence-corrected chi connectivity index (χ4v) is 3.06. The molecule has 2 aromatic heterocycles. The fourth-order valence-electron chi connectivity index (χ4n) is 3.06. The van der Waals surface area contributed by atoms with Crippen molar-refractivity contribution in [3.63, 3.8) is 0 Å². The smallest absolute Gasteiger partial charge is 0.350 e. The second-order valence-corrected chi connectivity index (χ2v) is 7.53. The molecule has 4 rings (SSSR count). The van der Waals surface area contributed by atoms with Gasteiger partial charge in [0.2, 0.25) is 11.9 Å². The van der Waals surface area contributed by atoms with Crippen LogP contribution in [0.5, 0.6) is 0 Å². The van der Waals surface area contributed by atoms with Crippen LogP contribution in [0.4, 0.5) is 17.6 Å². The number of para-hydroxylation sites is 1. The third-order valence-electron chi connectivity index (χ3n) is 4.36. The molecule has 0 bridgehead atoms. The van der Waals surface area contributed by atoms with Crippen molar-refractivity contribution in [3.05, 3.63) is 53.5 Å². The monoisotopic (exact) mass is 435 g/mol. The number of aromatic nitrogens is 5. The van der Waals surface area contributed by atoms with E-state index in [-0.39, 0.29) is 5.57 Å². The number of nitrogens with zero attached hydrogens (tertiary/aromatic N) is 4. The summed E-state index contributed by atoms with van der Waals surface area (Å²) in [5.74, 6) is -1.70. The van der Waals surface area contributed by atoms with Gasteiger partial charge in [0, 0.05) is 42.7 Å². The van der Waals surface area contributed by atoms with Crippen LogP contribution in [0.25, 0.3) is 11.4 Å². The molecule has 0 atom stereocenters. The minimum Gasteiger partial charge on any atom is -0.419 e. The molecule has 1 saturated heterocycles. The number of benzene rings is 1. The Balaban J connectivity index is 1.56. The Morgan fingerprint density at radius 1 is 0.969 bits per heavy atom. The minimum absolute atomic E-state index is 0.244. The molecule has 164 valence electrons. The number of hydrogen-bond donors (Lipinski definition) is 3. The zero-order valence-corrected chi connectivity index (χ0v) is 17.9. The molecule has 11 nitrogen and oxygen atoms in total. The van der Waals surface area contributed by atoms with Gasteiger partial charge in [-0.15, -0.1) is 5.10 Å². The molecule has 1 aromatic carbocycles. The van der Waals surface area contributed by atoms with Gasteiger partial charge in [0.05, 0.1) is 0 Å². The van der Waals surface area contributed by atoms with Crippen LogP contribution >= 0.6 is 0 Å². The number of ether oxygens (including phenoxy) is 2. The summed E-state index contributed by atoms with van der Waals surface area (Å²) < 4.78 is 10.2. The Morgan fingerprint density at radius 3 is 2.31 bits per heavy atom. The van der Waals surface area contributed by atoms with Crippen molar-refractivity contribution < 1.29 is 19.1 Å². The Hall–Kier alpha value is -4.28. The summed E-state index contributed by atoms with van der Waals surface area (Å²) >= 11 is 0. The van der Waals surface area contributed by atoms with E-state index in [0.717, 1.165) is 11.4 Å². The highest BCUT2D eigenvalue weighted by atomic mass is 16.7. The average molecular weight is 435 g/mol. The van der Waals surface area contributed by atoms with Gasteiger partial charge in [-0.05, 0) is 32.0 Å². The number of cyclic esters (lactones) is 2. The van der Waals surface area contributed by atoms with E-state index in [9.17, 15) is 9.59 Å². The first-order chi connectivity index (χ1) is 15.2. The van der Waals surface area contributed by atoms with Crippen molar-refractivity contribution in [1.82, 2.24) is 25.1 Å². The molecule has 0 aliphatic carbocycles. The Labute approximate surface area is 183 Å². The SMILES string of the molecule is Cc1cc(C)nc(Nc2n[nH]c(-c3ccccc3NC=C3C(=O)OC(C)(C)OC3=O)n2)n1. The molecular weight excluding hydrogens is 414 g/mol. The van der Waals surface area contributed by atoms with Crippen LogP contribution in [0.1, 0.15) is 25.2 Å². The number of carbonyl (C=O) groups is 2. The molecular formula is C21H21N7O4. The van der Waals surface area contributed by atoms with Gasteiger partial charge in [-0.2, -0.15) is 4.98 Å². The lowest BCUT2D eigenvalue weighted by atomic mass is 10.1. The van der Waals surface area contributed by atoms with Crippen molar-refractivity contribution in [2.75, 3.05) is 10.6 Å². The Morgan fingerprint density at radius 2 is 1.62 bits per heavy atom. The van der Waals surface area contributed by atoms with E-state index in [1.165, 1.54) is 20.0 Å². The number of rotatable bonds is 5. The number of aromatic amines is 1. The molecule has 3 N–H and O–H groups in total. The van der Waals surface area contributed by atoms with Crippen LogP contribution < -0.4 is 10.6 Å². The molecule has 0 saturated carbocycles. The maximum absolute atomic E-state index is 12.1. The van der Waals surface area contributed by atoms with Gasteiger partial charge in [-0.1, -0.05) is 12.1 Å². The summed E-state index contributed by atoms with van der Waals surface area (Å²) in [7, 11) is 0. The van der Waals surface area contributed by atoms with Crippen molar-refractivity contribution in [3.8, 4) is 11.4 Å². The lowest BCUT2D eigenvalue weighted by Crippen LogP contribution is -2.42. The fraction of sp³-hybridized carbons (Fsp3) is 0.238. The van der Waals surface area contributed by atoms with E-state index in [0.29, 0.717) is 29.0 Å². The van der Waals surface area contributed by atoms with E-state index >= 15 is 0 Å². The van der Waals surface area contributed by atoms with Crippen molar-refractivity contribution in [2.24, 2.45) is 0 Å². The van der Waals surface area contributed by atoms with Gasteiger partial charge in [-0.3, -0.25) is 10.4 Å². The molecule has 32 heavy (non-hydrogen) atoms. The zero-order valence-electron chi connectivity index (χ0n) is 17.9. The number of anilines is 3. The number of esters is 2. The number of aryl methyl sites for hydroxylation is 2. The largest absolute Gasteiger partial charge is 0.419 e. The summed E-state index contributed by atoms with van der Waals surface area (Å²) in [4.78, 5) is 37.3. The van der Waals surface area contributed by atoms with E-state index in [1.54, 1.807) is 18.2 Å². The van der Waals surface area contributed by atoms with E-state index in [1.807, 2.05) is 26.0 Å². The predicted octanol–water partition coefficient (Wildman–Crippen LogP) is 2.75. The quantitative estimate of drug-likeness (QED) is 0.311. The zero-order chi connectivity index (χ0) is 22.9. The summed E-state index contributed by atoms with van der Waals surface area (Å²) in [5, 5.41) is 12.9. The topological polar surface area (TPSA) is 144 Å². The standard InChI is InChI=1S/C21H21N7O4/c1-11-9-12(2)24-19(23-11)26-20-25-16(27-28-20)13-7-5-6-8-15(13)22-10-14-17(29)31-21(3,4)32-18(14)30/h5-10,22H,1-4H3,(H2,23,24,25,26,27,28). The van der Waals surface area contributed by atoms with Crippen LogP contribution in [0.15, 0.2) is 42.1 Å². The highest BCUT2D eigenvalue weighted by Crippen LogP contribution is 2.27. The first-order valence-corrected chi connectivity index (χ1v) is 9.75. The predicted molar refractivity (Wildman–Crippen MR) is 115 cm³/mol. The second kappa shape index (κ2) is 8.10. The van der Waals surface area contributed by atoms with Crippen LogP contribution in [0.2, 0.25) is 0 Å². The van der Waals surface area contributed by atoms with E-state index in [4.69, 9.17) is 9.47 Å². The maximum atomic E-state index is 12.1. The molecule has 1 fully saturated rings. The number of nitrogens with one attached hydrogen (secondary N) is 3. The van der Waals surface area contributed by atoms with Crippen molar-refractivity contribution >= 4 is 29.5 Å². The lowest BCUT2D eigenvalue weighted by Gasteiger charge is -2.29. The van der Waals surface area contributed by atoms with Gasteiger partial charge in [0.1, 0.15) is 0 Å². The normalized spacial score (nSPS) is 15.1. The molecule has 1 aliphatic heterocycles. The van der Waals surface area contributed by atoms with Crippen molar-refractivity contribution in [1.29, 1.82) is 0 Å². The van der Waals surface area contributed by atoms with Gasteiger partial charge in [-0.25, -0.2) is 19.6 Å². The summed E-state index contributed by atoms with van der Waals surface area (Å²) in [6, 6.07) is 9.05. The molecule has 0 spiro atoms. The van der Waals surface area contributed by atoms with Gasteiger partial charge in [0.25, 0.3) is 5.79 Å². The Kier molecular flexibility index (Phi) is 5.31. The molecule has 11 heteroatoms. The van der Waals surface area contributed by atoms with Gasteiger partial charge >= 0.3 is 11.9 Å². The van der Waals surface area contributed by atoms with Crippen LogP contribution in [0, 0.1) is 13.8 Å². The maximum Gasteiger partial charge on any atom is 0.350 e. The summed E-state index contributed by atoms with van der Waals surface area (Å²) in [6.07, 6.45) is 1.25. The molecule has 0 unspecified atom stereocenters. The highest BCUT2D eigenvalue weighted by molar-refractivity contribution is 6.15. The third kappa shape index (κ3) is 4.56. The Bertz CT molecular complexity index is 1190. The van der Waals surface area contributed by atoms with Crippen molar-refractivity contribution in [2.45, 2.75) is 33.5 Å². The van der Waals surface area contributed by atoms with E-state index < -0.39 is 17.7 Å². The average Bonchev–Trinajstić information content (AvgIpc) is 3.14. The van der Waals surface area contributed by atoms with Gasteiger partial charge in [0.15, 0.2) is 11.4 Å². The number of carbonyl (C=O) groups excluding carboxylic acids is 2. The van der Waals surface area contributed by atoms with E-state index in [2.05, 4.69) is 35.8 Å². The first kappa shape index (κ1) is 21.0. The second-order valence-electron chi connectivity index (χ2n) is 7.53. The molecule has 3 heterocycles. The van der Waals surface area contributed by atoms with Crippen LogP contribution in [-0.4, -0.2) is 42.9 Å². The molecule has 0 radical (unpaired) electrons. The van der Waals surface area contributed by atoms with Crippen LogP contribution in [0.3, 0.4) is 0 Å². The summed E-state index contributed by atoms with van der Waals surface area (Å²) in [6.45, 7) is 6.72. The number of H-pyrrole nitrogens is 1. The molecule has 1 aliphatic rings. The molecule has 3 aromatic rings. The molecule has 0 amide bonds. The van der Waals surface area contributed by atoms with Crippen LogP contribution in [-0.2, 0) is 19.1 Å². The first-order valence-electron chi connectivity index (χ1n) is 9.75. The third-order valence-corrected chi connectivity index (χ3v) is 4.36. The minimum atomic E-state index is -1.30. The van der Waals surface area contributed by atoms with Gasteiger partial charge < -0.3 is 14.8 Å².